The number of nitrogens with zero attached hydrogens (tertiary/aromatic N) is 1. The van der Waals surface area contributed by atoms with Crippen LogP contribution >= 0.6 is 11.6 Å². The Morgan fingerprint density at radius 1 is 1.29 bits per heavy atom. The molecular weight excluding hydrogens is 286 g/mol. The minimum absolute atomic E-state index is 0.0267. The number of aromatic nitrogens is 1. The van der Waals surface area contributed by atoms with Crippen molar-refractivity contribution in [3.05, 3.63) is 47.7 Å². The molecule has 1 atom stereocenters. The van der Waals surface area contributed by atoms with Crippen molar-refractivity contribution in [3.8, 4) is 11.1 Å². The second-order valence-electron chi connectivity index (χ2n) is 5.09. The Balaban J connectivity index is 1.76. The molecular formula is C16H16ClN3O. The van der Waals surface area contributed by atoms with Crippen LogP contribution in [0.1, 0.15) is 12.8 Å². The number of carbonyl (C=O) groups excluding carboxylic acids is 1. The molecule has 1 saturated heterocycles. The van der Waals surface area contributed by atoms with E-state index >= 15 is 0 Å². The van der Waals surface area contributed by atoms with Gasteiger partial charge in [-0.3, -0.25) is 4.79 Å². The Bertz CT molecular complexity index is 636. The average Bonchev–Trinajstić information content (AvgIpc) is 3.02. The van der Waals surface area contributed by atoms with Gasteiger partial charge in [0.2, 0.25) is 5.91 Å². The molecule has 2 heterocycles. The summed E-state index contributed by atoms with van der Waals surface area (Å²) in [7, 11) is 0. The summed E-state index contributed by atoms with van der Waals surface area (Å²) in [5.41, 5.74) is 2.76. The van der Waals surface area contributed by atoms with E-state index in [1.807, 2.05) is 30.3 Å². The molecule has 5 heteroatoms. The minimum atomic E-state index is -0.0779. The van der Waals surface area contributed by atoms with Crippen molar-refractivity contribution in [1.82, 2.24) is 10.3 Å². The molecule has 0 spiro atoms. The van der Waals surface area contributed by atoms with Gasteiger partial charge >= 0.3 is 0 Å². The lowest BCUT2D eigenvalue weighted by Gasteiger charge is -2.12. The van der Waals surface area contributed by atoms with Crippen LogP contribution < -0.4 is 10.6 Å². The van der Waals surface area contributed by atoms with Crippen LogP contribution in [0.15, 0.2) is 42.6 Å². The number of benzene rings is 1. The van der Waals surface area contributed by atoms with Gasteiger partial charge in [0.1, 0.15) is 5.15 Å². The lowest BCUT2D eigenvalue weighted by atomic mass is 10.1. The summed E-state index contributed by atoms with van der Waals surface area (Å²) in [6, 6.07) is 11.3. The summed E-state index contributed by atoms with van der Waals surface area (Å²) in [6.07, 6.45) is 3.67. The summed E-state index contributed by atoms with van der Waals surface area (Å²) >= 11 is 5.80. The van der Waals surface area contributed by atoms with Gasteiger partial charge < -0.3 is 10.6 Å². The van der Waals surface area contributed by atoms with Crippen molar-refractivity contribution < 1.29 is 4.79 Å². The summed E-state index contributed by atoms with van der Waals surface area (Å²) in [4.78, 5) is 16.2. The Morgan fingerprint density at radius 3 is 2.90 bits per heavy atom. The fourth-order valence-electron chi connectivity index (χ4n) is 2.46. The molecule has 1 fully saturated rings. The van der Waals surface area contributed by atoms with Crippen LogP contribution in [-0.4, -0.2) is 23.5 Å². The molecule has 1 aromatic carbocycles. The molecule has 2 aromatic rings. The molecule has 0 saturated carbocycles. The second-order valence-corrected chi connectivity index (χ2v) is 5.48. The Hall–Kier alpha value is -1.91. The number of nitrogens with one attached hydrogen (secondary N) is 2. The van der Waals surface area contributed by atoms with Gasteiger partial charge in [0.15, 0.2) is 0 Å². The maximum absolute atomic E-state index is 12.1. The van der Waals surface area contributed by atoms with E-state index < -0.39 is 0 Å². The molecule has 108 valence electrons. The number of pyridine rings is 1. The van der Waals surface area contributed by atoms with E-state index in [-0.39, 0.29) is 11.9 Å². The normalized spacial score (nSPS) is 17.7. The maximum Gasteiger partial charge on any atom is 0.241 e. The van der Waals surface area contributed by atoms with Gasteiger partial charge in [-0.15, -0.1) is 0 Å². The predicted octanol–water partition coefficient (Wildman–Crippen LogP) is 3.09. The molecule has 0 bridgehead atoms. The van der Waals surface area contributed by atoms with Crippen LogP contribution in [-0.2, 0) is 4.79 Å². The van der Waals surface area contributed by atoms with Crippen molar-refractivity contribution in [1.29, 1.82) is 0 Å². The largest absolute Gasteiger partial charge is 0.325 e. The fourth-order valence-corrected chi connectivity index (χ4v) is 2.57. The third-order valence-electron chi connectivity index (χ3n) is 3.57. The topological polar surface area (TPSA) is 54.0 Å². The summed E-state index contributed by atoms with van der Waals surface area (Å²) < 4.78 is 0. The van der Waals surface area contributed by atoms with Gasteiger partial charge in [-0.25, -0.2) is 4.98 Å². The molecule has 1 aliphatic rings. The molecule has 1 aliphatic heterocycles. The Kier molecular flexibility index (Phi) is 4.18. The van der Waals surface area contributed by atoms with E-state index in [0.717, 1.165) is 36.2 Å². The molecule has 1 aromatic heterocycles. The molecule has 0 radical (unpaired) electrons. The minimum Gasteiger partial charge on any atom is -0.325 e. The van der Waals surface area contributed by atoms with E-state index in [4.69, 9.17) is 11.6 Å². The van der Waals surface area contributed by atoms with Crippen molar-refractivity contribution in [3.63, 3.8) is 0 Å². The first-order valence-corrected chi connectivity index (χ1v) is 7.36. The first-order valence-electron chi connectivity index (χ1n) is 6.98. The third-order valence-corrected chi connectivity index (χ3v) is 3.79. The monoisotopic (exact) mass is 301 g/mol. The number of hydrogen-bond acceptors (Lipinski definition) is 3. The van der Waals surface area contributed by atoms with Crippen molar-refractivity contribution in [2.75, 3.05) is 11.9 Å². The maximum atomic E-state index is 12.1. The molecule has 1 unspecified atom stereocenters. The fraction of sp³-hybridized carbons (Fsp3) is 0.250. The van der Waals surface area contributed by atoms with Crippen LogP contribution in [0.3, 0.4) is 0 Å². The first kappa shape index (κ1) is 14.0. The smallest absolute Gasteiger partial charge is 0.241 e. The van der Waals surface area contributed by atoms with Crippen LogP contribution in [0, 0.1) is 0 Å². The average molecular weight is 302 g/mol. The van der Waals surface area contributed by atoms with Gasteiger partial charge in [0, 0.05) is 17.4 Å². The highest BCUT2D eigenvalue weighted by Gasteiger charge is 2.21. The lowest BCUT2D eigenvalue weighted by molar-refractivity contribution is -0.117. The van der Waals surface area contributed by atoms with Crippen LogP contribution in [0.2, 0.25) is 5.15 Å². The zero-order chi connectivity index (χ0) is 14.7. The number of rotatable bonds is 3. The van der Waals surface area contributed by atoms with Crippen LogP contribution in [0.4, 0.5) is 5.69 Å². The lowest BCUT2D eigenvalue weighted by Crippen LogP contribution is -2.35. The molecule has 3 rings (SSSR count). The highest BCUT2D eigenvalue weighted by Crippen LogP contribution is 2.23. The number of anilines is 1. The van der Waals surface area contributed by atoms with Gasteiger partial charge in [0.25, 0.3) is 0 Å². The van der Waals surface area contributed by atoms with E-state index in [2.05, 4.69) is 15.6 Å². The zero-order valence-corrected chi connectivity index (χ0v) is 12.2. The number of amides is 1. The van der Waals surface area contributed by atoms with Gasteiger partial charge in [0.05, 0.1) is 6.04 Å². The zero-order valence-electron chi connectivity index (χ0n) is 11.5. The molecule has 2 N–H and O–H groups in total. The number of halogens is 1. The van der Waals surface area contributed by atoms with Crippen molar-refractivity contribution >= 4 is 23.2 Å². The summed E-state index contributed by atoms with van der Waals surface area (Å²) in [6.45, 7) is 0.911. The SMILES string of the molecule is O=C(Nc1cccc(-c2ccc(Cl)nc2)c1)C1CCCN1. The van der Waals surface area contributed by atoms with E-state index in [9.17, 15) is 4.79 Å². The van der Waals surface area contributed by atoms with Gasteiger partial charge in [-0.1, -0.05) is 23.7 Å². The highest BCUT2D eigenvalue weighted by atomic mass is 35.5. The van der Waals surface area contributed by atoms with Crippen molar-refractivity contribution in [2.45, 2.75) is 18.9 Å². The Labute approximate surface area is 128 Å². The molecule has 21 heavy (non-hydrogen) atoms. The number of hydrogen-bond donors (Lipinski definition) is 2. The third kappa shape index (κ3) is 3.40. The standard InChI is InChI=1S/C16H16ClN3O/c17-15-7-6-12(10-19-15)11-3-1-4-13(9-11)20-16(21)14-5-2-8-18-14/h1,3-4,6-7,9-10,14,18H,2,5,8H2,(H,20,21). The second kappa shape index (κ2) is 6.24. The first-order chi connectivity index (χ1) is 10.2. The van der Waals surface area contributed by atoms with Gasteiger partial charge in [-0.05, 0) is 49.2 Å². The summed E-state index contributed by atoms with van der Waals surface area (Å²) in [5, 5.41) is 6.62. The highest BCUT2D eigenvalue weighted by molar-refractivity contribution is 6.29. The van der Waals surface area contributed by atoms with E-state index in [1.54, 1.807) is 12.3 Å². The van der Waals surface area contributed by atoms with E-state index in [0.29, 0.717) is 5.15 Å². The van der Waals surface area contributed by atoms with Crippen LogP contribution in [0.5, 0.6) is 0 Å². The quantitative estimate of drug-likeness (QED) is 0.857. The predicted molar refractivity (Wildman–Crippen MR) is 84.3 cm³/mol. The van der Waals surface area contributed by atoms with Gasteiger partial charge in [-0.2, -0.15) is 0 Å². The number of carbonyl (C=O) groups is 1. The molecule has 4 nitrogen and oxygen atoms in total. The van der Waals surface area contributed by atoms with Crippen molar-refractivity contribution in [2.24, 2.45) is 0 Å². The van der Waals surface area contributed by atoms with E-state index in [1.165, 1.54) is 0 Å². The molecule has 0 aliphatic carbocycles. The summed E-state index contributed by atoms with van der Waals surface area (Å²) in [5.74, 6) is 0.0267. The Morgan fingerprint density at radius 2 is 2.19 bits per heavy atom. The van der Waals surface area contributed by atoms with Crippen LogP contribution in [0.25, 0.3) is 11.1 Å². The molecule has 1 amide bonds.